The molecule has 1 unspecified atom stereocenters. The van der Waals surface area contributed by atoms with Gasteiger partial charge in [-0.25, -0.2) is 4.98 Å². The predicted octanol–water partition coefficient (Wildman–Crippen LogP) is 2.15. The molecule has 6 heteroatoms. The molecule has 1 aliphatic rings. The number of alkyl halides is 1. The molecule has 100 valence electrons. The highest BCUT2D eigenvalue weighted by atomic mass is 35.5. The van der Waals surface area contributed by atoms with Crippen molar-refractivity contribution in [1.82, 2.24) is 15.2 Å². The zero-order chi connectivity index (χ0) is 13.3. The summed E-state index contributed by atoms with van der Waals surface area (Å²) in [5, 5.41) is 5.91. The van der Waals surface area contributed by atoms with E-state index in [0.29, 0.717) is 12.4 Å². The van der Waals surface area contributed by atoms with Gasteiger partial charge < -0.3 is 5.32 Å². The number of nitrogens with zero attached hydrogens (tertiary/aromatic N) is 2. The molecule has 1 fully saturated rings. The standard InChI is InChI=1S/C12H18ClN3OS/c1-8(10-15-9(6-13)7-18-10)16-5-4-14-11(17)12(16,2)3/h7-8H,4-6H2,1-3H3,(H,14,17). The second-order valence-electron chi connectivity index (χ2n) is 4.99. The van der Waals surface area contributed by atoms with Crippen LogP contribution < -0.4 is 5.32 Å². The van der Waals surface area contributed by atoms with Crippen LogP contribution in [-0.2, 0) is 10.7 Å². The molecule has 0 aromatic carbocycles. The van der Waals surface area contributed by atoms with E-state index in [4.69, 9.17) is 11.6 Å². The van der Waals surface area contributed by atoms with Crippen LogP contribution in [0.1, 0.15) is 37.5 Å². The Bertz CT molecular complexity index is 446. The van der Waals surface area contributed by atoms with Crippen LogP contribution in [0.2, 0.25) is 0 Å². The largest absolute Gasteiger partial charge is 0.353 e. The minimum Gasteiger partial charge on any atom is -0.353 e. The van der Waals surface area contributed by atoms with Gasteiger partial charge in [0, 0.05) is 18.5 Å². The number of carbonyl (C=O) groups is 1. The Morgan fingerprint density at radius 2 is 2.39 bits per heavy atom. The number of halogens is 1. The monoisotopic (exact) mass is 287 g/mol. The van der Waals surface area contributed by atoms with Gasteiger partial charge in [-0.1, -0.05) is 0 Å². The number of nitrogens with one attached hydrogen (secondary N) is 1. The SMILES string of the molecule is CC(c1nc(CCl)cs1)N1CCNC(=O)C1(C)C. The van der Waals surface area contributed by atoms with Crippen LogP contribution in [0, 0.1) is 0 Å². The maximum Gasteiger partial charge on any atom is 0.240 e. The van der Waals surface area contributed by atoms with Gasteiger partial charge >= 0.3 is 0 Å². The maximum absolute atomic E-state index is 11.9. The first-order valence-electron chi connectivity index (χ1n) is 6.02. The van der Waals surface area contributed by atoms with Crippen LogP contribution in [0.15, 0.2) is 5.38 Å². The van der Waals surface area contributed by atoms with Gasteiger partial charge in [-0.3, -0.25) is 9.69 Å². The summed E-state index contributed by atoms with van der Waals surface area (Å²) in [6.45, 7) is 7.54. The summed E-state index contributed by atoms with van der Waals surface area (Å²) in [7, 11) is 0. The Morgan fingerprint density at radius 1 is 1.67 bits per heavy atom. The van der Waals surface area contributed by atoms with Crippen LogP contribution in [0.3, 0.4) is 0 Å². The molecule has 1 aromatic rings. The Hall–Kier alpha value is -0.650. The van der Waals surface area contributed by atoms with Crippen molar-refractivity contribution in [1.29, 1.82) is 0 Å². The van der Waals surface area contributed by atoms with Gasteiger partial charge in [-0.05, 0) is 20.8 Å². The fourth-order valence-electron chi connectivity index (χ4n) is 2.30. The molecule has 4 nitrogen and oxygen atoms in total. The first-order valence-corrected chi connectivity index (χ1v) is 7.43. The first-order chi connectivity index (χ1) is 8.46. The average Bonchev–Trinajstić information content (AvgIpc) is 2.80. The van der Waals surface area contributed by atoms with Gasteiger partial charge in [0.2, 0.25) is 5.91 Å². The Kier molecular flexibility index (Phi) is 3.94. The molecule has 2 rings (SSSR count). The number of rotatable bonds is 3. The Labute approximate surface area is 116 Å². The van der Waals surface area contributed by atoms with E-state index in [2.05, 4.69) is 22.1 Å². The van der Waals surface area contributed by atoms with E-state index >= 15 is 0 Å². The molecule has 18 heavy (non-hydrogen) atoms. The van der Waals surface area contributed by atoms with Crippen molar-refractivity contribution in [3.8, 4) is 0 Å². The normalized spacial score (nSPS) is 21.7. The fraction of sp³-hybridized carbons (Fsp3) is 0.667. The molecule has 2 heterocycles. The third-order valence-corrected chi connectivity index (χ3v) is 4.78. The minimum atomic E-state index is -0.496. The van der Waals surface area contributed by atoms with E-state index in [-0.39, 0.29) is 11.9 Å². The van der Waals surface area contributed by atoms with Crippen molar-refractivity contribution < 1.29 is 4.79 Å². The molecule has 0 bridgehead atoms. The Morgan fingerprint density at radius 3 is 3.00 bits per heavy atom. The van der Waals surface area contributed by atoms with E-state index in [1.165, 1.54) is 0 Å². The smallest absolute Gasteiger partial charge is 0.240 e. The molecule has 1 atom stereocenters. The summed E-state index contributed by atoms with van der Waals surface area (Å²) in [4.78, 5) is 18.6. The number of hydrogen-bond acceptors (Lipinski definition) is 4. The summed E-state index contributed by atoms with van der Waals surface area (Å²) in [6, 6.07) is 0.132. The molecule has 1 amide bonds. The maximum atomic E-state index is 11.9. The van der Waals surface area contributed by atoms with Crippen LogP contribution in [-0.4, -0.2) is 34.4 Å². The van der Waals surface area contributed by atoms with Gasteiger partial charge in [0.05, 0.1) is 23.2 Å². The molecule has 0 spiro atoms. The molecule has 1 aromatic heterocycles. The topological polar surface area (TPSA) is 45.2 Å². The third kappa shape index (κ3) is 2.39. The van der Waals surface area contributed by atoms with Gasteiger partial charge in [0.25, 0.3) is 0 Å². The number of piperazine rings is 1. The average molecular weight is 288 g/mol. The van der Waals surface area contributed by atoms with Crippen LogP contribution in [0.4, 0.5) is 0 Å². The second-order valence-corrected chi connectivity index (χ2v) is 6.15. The molecule has 1 N–H and O–H groups in total. The molecule has 1 aliphatic heterocycles. The van der Waals surface area contributed by atoms with Crippen LogP contribution in [0.25, 0.3) is 0 Å². The highest BCUT2D eigenvalue weighted by Crippen LogP contribution is 2.31. The molecule has 0 saturated carbocycles. The van der Waals surface area contributed by atoms with E-state index in [1.807, 2.05) is 19.2 Å². The van der Waals surface area contributed by atoms with E-state index in [9.17, 15) is 4.79 Å². The van der Waals surface area contributed by atoms with Crippen LogP contribution >= 0.6 is 22.9 Å². The van der Waals surface area contributed by atoms with Gasteiger partial charge in [0.15, 0.2) is 0 Å². The summed E-state index contributed by atoms with van der Waals surface area (Å²) < 4.78 is 0. The van der Waals surface area contributed by atoms with E-state index < -0.39 is 5.54 Å². The number of carbonyl (C=O) groups excluding carboxylic acids is 1. The summed E-state index contributed by atoms with van der Waals surface area (Å²) >= 11 is 7.39. The van der Waals surface area contributed by atoms with Crippen molar-refractivity contribution in [3.63, 3.8) is 0 Å². The number of amides is 1. The second kappa shape index (κ2) is 5.15. The van der Waals surface area contributed by atoms with Gasteiger partial charge in [-0.15, -0.1) is 22.9 Å². The fourth-order valence-corrected chi connectivity index (χ4v) is 3.42. The summed E-state index contributed by atoms with van der Waals surface area (Å²) in [5.41, 5.74) is 0.410. The zero-order valence-electron chi connectivity index (χ0n) is 10.9. The van der Waals surface area contributed by atoms with Gasteiger partial charge in [0.1, 0.15) is 5.01 Å². The van der Waals surface area contributed by atoms with Crippen molar-refractivity contribution in [2.24, 2.45) is 0 Å². The minimum absolute atomic E-state index is 0.0784. The lowest BCUT2D eigenvalue weighted by Gasteiger charge is -2.44. The van der Waals surface area contributed by atoms with E-state index in [1.54, 1.807) is 11.3 Å². The lowest BCUT2D eigenvalue weighted by molar-refractivity contribution is -0.136. The predicted molar refractivity (Wildman–Crippen MR) is 73.9 cm³/mol. The van der Waals surface area contributed by atoms with E-state index in [0.717, 1.165) is 17.2 Å². The number of thiazole rings is 1. The lowest BCUT2D eigenvalue weighted by atomic mass is 9.97. The number of hydrogen-bond donors (Lipinski definition) is 1. The summed E-state index contributed by atoms with van der Waals surface area (Å²) in [6.07, 6.45) is 0. The zero-order valence-corrected chi connectivity index (χ0v) is 12.4. The molecular weight excluding hydrogens is 270 g/mol. The van der Waals surface area contributed by atoms with Crippen molar-refractivity contribution in [2.75, 3.05) is 13.1 Å². The molecule has 0 radical (unpaired) electrons. The molecular formula is C12H18ClN3OS. The first kappa shape index (κ1) is 13.8. The lowest BCUT2D eigenvalue weighted by Crippen LogP contribution is -2.62. The van der Waals surface area contributed by atoms with Gasteiger partial charge in [-0.2, -0.15) is 0 Å². The Balaban J connectivity index is 2.21. The quantitative estimate of drug-likeness (QED) is 0.867. The van der Waals surface area contributed by atoms with Crippen molar-refractivity contribution in [2.45, 2.75) is 38.2 Å². The molecule has 0 aliphatic carbocycles. The van der Waals surface area contributed by atoms with Crippen molar-refractivity contribution in [3.05, 3.63) is 16.1 Å². The van der Waals surface area contributed by atoms with Crippen molar-refractivity contribution >= 4 is 28.8 Å². The van der Waals surface area contributed by atoms with Crippen LogP contribution in [0.5, 0.6) is 0 Å². The highest BCUT2D eigenvalue weighted by molar-refractivity contribution is 7.09. The number of aromatic nitrogens is 1. The third-order valence-electron chi connectivity index (χ3n) is 3.44. The highest BCUT2D eigenvalue weighted by Gasteiger charge is 2.40. The molecule has 1 saturated heterocycles. The summed E-state index contributed by atoms with van der Waals surface area (Å²) in [5.74, 6) is 0.516.